The van der Waals surface area contributed by atoms with Crippen molar-refractivity contribution in [2.24, 2.45) is 0 Å². The van der Waals surface area contributed by atoms with Crippen molar-refractivity contribution in [2.75, 3.05) is 0 Å². The molecule has 1 unspecified atom stereocenters. The number of carbonyl (C=O) groups excluding carboxylic acids is 1. The van der Waals surface area contributed by atoms with Crippen molar-refractivity contribution < 1.29 is 14.6 Å². The summed E-state index contributed by atoms with van der Waals surface area (Å²) in [6, 6.07) is 0. The summed E-state index contributed by atoms with van der Waals surface area (Å²) in [7, 11) is 0. The van der Waals surface area contributed by atoms with Gasteiger partial charge in [0.2, 0.25) is 6.29 Å². The molecular weight excluding hydrogens is 143 g/mol. The maximum absolute atomic E-state index is 10.3. The van der Waals surface area contributed by atoms with Crippen LogP contribution in [0.3, 0.4) is 0 Å². The third-order valence-corrected chi connectivity index (χ3v) is 0.768. The van der Waals surface area contributed by atoms with E-state index in [4.69, 9.17) is 5.11 Å². The third kappa shape index (κ3) is 6.29. The van der Waals surface area contributed by atoms with Gasteiger partial charge >= 0.3 is 35.5 Å². The van der Waals surface area contributed by atoms with E-state index in [0.717, 1.165) is 6.08 Å². The predicted molar refractivity (Wildman–Crippen MR) is 39.7 cm³/mol. The second-order valence-corrected chi connectivity index (χ2v) is 1.50. The van der Waals surface area contributed by atoms with Gasteiger partial charge in [-0.1, -0.05) is 13.5 Å². The van der Waals surface area contributed by atoms with Crippen LogP contribution in [0.25, 0.3) is 0 Å². The molecule has 0 aliphatic rings. The van der Waals surface area contributed by atoms with E-state index in [9.17, 15) is 4.79 Å². The summed E-state index contributed by atoms with van der Waals surface area (Å²) >= 11 is 0. The molecule has 0 heterocycles. The van der Waals surface area contributed by atoms with E-state index in [-0.39, 0.29) is 29.6 Å². The zero-order chi connectivity index (χ0) is 7.28. The average Bonchev–Trinajstić information content (AvgIpc) is 1.87. The molecule has 0 saturated carbocycles. The summed E-state index contributed by atoms with van der Waals surface area (Å²) in [6.45, 7) is 4.87. The van der Waals surface area contributed by atoms with Crippen molar-refractivity contribution in [1.82, 2.24) is 0 Å². The van der Waals surface area contributed by atoms with Gasteiger partial charge in [-0.05, 0) is 0 Å². The van der Waals surface area contributed by atoms with Crippen LogP contribution < -0.4 is 0 Å². The molecule has 0 aromatic heterocycles. The molecule has 54 valence electrons. The Hall–Kier alpha value is 0.170. The molecule has 0 rings (SSSR count). The van der Waals surface area contributed by atoms with Crippen LogP contribution in [0.1, 0.15) is 13.3 Å². The number of esters is 1. The van der Waals surface area contributed by atoms with Crippen LogP contribution in [0.4, 0.5) is 0 Å². The van der Waals surface area contributed by atoms with Gasteiger partial charge < -0.3 is 9.84 Å². The van der Waals surface area contributed by atoms with E-state index in [1.807, 2.05) is 0 Å². The molecule has 0 spiro atoms. The van der Waals surface area contributed by atoms with Crippen LogP contribution in [0.5, 0.6) is 0 Å². The van der Waals surface area contributed by atoms with Crippen LogP contribution in [-0.4, -0.2) is 46.9 Å². The molecule has 0 radical (unpaired) electrons. The van der Waals surface area contributed by atoms with Gasteiger partial charge in [-0.3, -0.25) is 0 Å². The van der Waals surface area contributed by atoms with Gasteiger partial charge in [0, 0.05) is 12.5 Å². The quantitative estimate of drug-likeness (QED) is 0.265. The molecule has 0 aliphatic carbocycles. The Morgan fingerprint density at radius 1 is 1.90 bits per heavy atom. The summed E-state index contributed by atoms with van der Waals surface area (Å²) < 4.78 is 4.35. The fourth-order valence-corrected chi connectivity index (χ4v) is 0.266. The van der Waals surface area contributed by atoms with Gasteiger partial charge in [-0.25, -0.2) is 4.79 Å². The van der Waals surface area contributed by atoms with Gasteiger partial charge in [0.25, 0.3) is 0 Å². The van der Waals surface area contributed by atoms with Crippen molar-refractivity contribution >= 4 is 35.5 Å². The van der Waals surface area contributed by atoms with E-state index in [1.54, 1.807) is 6.92 Å². The maximum atomic E-state index is 10.3. The molecular formula is C6H11NaO3. The Labute approximate surface area is 82.4 Å². The van der Waals surface area contributed by atoms with Gasteiger partial charge in [0.15, 0.2) is 0 Å². The van der Waals surface area contributed by atoms with Gasteiger partial charge in [0.05, 0.1) is 0 Å². The van der Waals surface area contributed by atoms with E-state index >= 15 is 0 Å². The van der Waals surface area contributed by atoms with Crippen LogP contribution in [0.15, 0.2) is 12.7 Å². The van der Waals surface area contributed by atoms with Crippen molar-refractivity contribution in [3.63, 3.8) is 0 Å². The molecule has 0 aromatic rings. The summed E-state index contributed by atoms with van der Waals surface area (Å²) in [5.74, 6) is -0.593. The monoisotopic (exact) mass is 154 g/mol. The molecule has 3 nitrogen and oxygen atoms in total. The summed E-state index contributed by atoms with van der Waals surface area (Å²) in [5.41, 5.74) is 0. The standard InChI is InChI=1S/C6H10O3.Na.H/c1-3-5(7)9-6(8)4-2;;/h3,6,8H,1,4H2,2H3;;. The van der Waals surface area contributed by atoms with Gasteiger partial charge in [0.1, 0.15) is 0 Å². The molecule has 4 heteroatoms. The average molecular weight is 154 g/mol. The van der Waals surface area contributed by atoms with Gasteiger partial charge in [-0.15, -0.1) is 0 Å². The first-order chi connectivity index (χ1) is 4.20. The first-order valence-corrected chi connectivity index (χ1v) is 2.71. The Kier molecular flexibility index (Phi) is 9.33. The Morgan fingerprint density at radius 2 is 2.40 bits per heavy atom. The van der Waals surface area contributed by atoms with E-state index in [0.29, 0.717) is 6.42 Å². The van der Waals surface area contributed by atoms with Crippen LogP contribution in [-0.2, 0) is 9.53 Å². The first kappa shape index (κ1) is 12.8. The van der Waals surface area contributed by atoms with E-state index in [1.165, 1.54) is 0 Å². The third-order valence-electron chi connectivity index (χ3n) is 0.768. The molecule has 0 bridgehead atoms. The fraction of sp³-hybridized carbons (Fsp3) is 0.500. The van der Waals surface area contributed by atoms with Crippen LogP contribution in [0, 0.1) is 0 Å². The second kappa shape index (κ2) is 7.28. The van der Waals surface area contributed by atoms with E-state index in [2.05, 4.69) is 11.3 Å². The molecule has 1 atom stereocenters. The zero-order valence-electron chi connectivity index (χ0n) is 5.33. The SMILES string of the molecule is C=CC(=O)OC(O)CC.[NaH]. The minimum absolute atomic E-state index is 0. The first-order valence-electron chi connectivity index (χ1n) is 2.71. The zero-order valence-corrected chi connectivity index (χ0v) is 5.33. The fourth-order valence-electron chi connectivity index (χ4n) is 0.266. The molecule has 0 aliphatic heterocycles. The Balaban J connectivity index is 0. The van der Waals surface area contributed by atoms with E-state index < -0.39 is 12.3 Å². The molecule has 0 aromatic carbocycles. The number of aliphatic hydroxyl groups is 1. The number of ether oxygens (including phenoxy) is 1. The number of rotatable bonds is 3. The van der Waals surface area contributed by atoms with Crippen molar-refractivity contribution in [3.05, 3.63) is 12.7 Å². The number of hydrogen-bond donors (Lipinski definition) is 1. The van der Waals surface area contributed by atoms with Crippen molar-refractivity contribution in [1.29, 1.82) is 0 Å². The number of carbonyl (C=O) groups is 1. The molecule has 1 N–H and O–H groups in total. The summed E-state index contributed by atoms with van der Waals surface area (Å²) in [6.07, 6.45) is 0.425. The summed E-state index contributed by atoms with van der Waals surface area (Å²) in [4.78, 5) is 10.3. The van der Waals surface area contributed by atoms with Crippen LogP contribution >= 0.6 is 0 Å². The van der Waals surface area contributed by atoms with Crippen molar-refractivity contribution in [2.45, 2.75) is 19.6 Å². The number of hydrogen-bond acceptors (Lipinski definition) is 3. The second-order valence-electron chi connectivity index (χ2n) is 1.50. The Bertz CT molecular complexity index is 114. The number of aliphatic hydroxyl groups excluding tert-OH is 1. The summed E-state index contributed by atoms with van der Waals surface area (Å²) in [5, 5.41) is 8.67. The predicted octanol–water partition coefficient (Wildman–Crippen LogP) is -0.205. The minimum atomic E-state index is -0.990. The molecule has 0 saturated heterocycles. The Morgan fingerprint density at radius 3 is 2.70 bits per heavy atom. The molecule has 0 fully saturated rings. The molecule has 10 heavy (non-hydrogen) atoms. The van der Waals surface area contributed by atoms with Gasteiger partial charge in [-0.2, -0.15) is 0 Å². The van der Waals surface area contributed by atoms with Crippen molar-refractivity contribution in [3.8, 4) is 0 Å². The molecule has 0 amide bonds. The normalized spacial score (nSPS) is 11.0. The topological polar surface area (TPSA) is 46.5 Å². The van der Waals surface area contributed by atoms with Crippen LogP contribution in [0.2, 0.25) is 0 Å².